The Balaban J connectivity index is 1.52. The summed E-state index contributed by atoms with van der Waals surface area (Å²) in [4.78, 5) is 4.15. The van der Waals surface area contributed by atoms with Gasteiger partial charge in [-0.25, -0.2) is 8.42 Å². The number of sulfonamides is 1. The first-order valence-corrected chi connectivity index (χ1v) is 10.9. The monoisotopic (exact) mass is 453 g/mol. The zero-order valence-corrected chi connectivity index (χ0v) is 17.2. The summed E-state index contributed by atoms with van der Waals surface area (Å²) in [5, 5.41) is 3.67. The van der Waals surface area contributed by atoms with E-state index in [9.17, 15) is 21.6 Å². The number of rotatable bonds is 6. The highest BCUT2D eigenvalue weighted by Gasteiger charge is 2.42. The molecule has 164 valence electrons. The highest BCUT2D eigenvalue weighted by atomic mass is 32.2. The number of para-hydroxylation sites is 1. The highest BCUT2D eigenvalue weighted by Crippen LogP contribution is 2.38. The number of ether oxygens (including phenoxy) is 1. The molecular weight excluding hydrogens is 435 g/mol. The fourth-order valence-corrected chi connectivity index (χ4v) is 4.97. The van der Waals surface area contributed by atoms with Crippen LogP contribution in [-0.2, 0) is 16.2 Å². The van der Waals surface area contributed by atoms with Gasteiger partial charge >= 0.3 is 6.18 Å². The smallest absolute Gasteiger partial charge is 0.417 e. The average Bonchev–Trinajstić information content (AvgIpc) is 3.16. The van der Waals surface area contributed by atoms with E-state index in [1.165, 1.54) is 28.6 Å². The van der Waals surface area contributed by atoms with Crippen LogP contribution in [0.2, 0.25) is 0 Å². The molecule has 2 aromatic carbocycles. The summed E-state index contributed by atoms with van der Waals surface area (Å²) in [6.07, 6.45) is -4.56. The quantitative estimate of drug-likeness (QED) is 0.562. The van der Waals surface area contributed by atoms with E-state index in [0.717, 1.165) is 6.07 Å². The average molecular weight is 453 g/mol. The molecule has 2 heterocycles. The van der Waals surface area contributed by atoms with E-state index in [1.54, 1.807) is 25.1 Å². The van der Waals surface area contributed by atoms with E-state index < -0.39 is 27.7 Å². The van der Waals surface area contributed by atoms with Gasteiger partial charge in [0.25, 0.3) is 0 Å². The number of alkyl halides is 3. The van der Waals surface area contributed by atoms with Gasteiger partial charge in [0.1, 0.15) is 10.6 Å². The summed E-state index contributed by atoms with van der Waals surface area (Å²) in [7, 11) is -3.80. The Morgan fingerprint density at radius 2 is 1.81 bits per heavy atom. The molecule has 1 aliphatic heterocycles. The van der Waals surface area contributed by atoms with Crippen molar-refractivity contribution in [1.82, 2.24) is 14.4 Å². The van der Waals surface area contributed by atoms with Crippen LogP contribution >= 0.6 is 0 Å². The molecule has 4 rings (SSSR count). The molecule has 0 spiro atoms. The maximum atomic E-state index is 13.2. The van der Waals surface area contributed by atoms with Gasteiger partial charge in [-0.3, -0.25) is 0 Å². The van der Waals surface area contributed by atoms with Gasteiger partial charge in [-0.15, -0.1) is 0 Å². The minimum atomic E-state index is -4.56. The van der Waals surface area contributed by atoms with Crippen molar-refractivity contribution < 1.29 is 30.8 Å². The van der Waals surface area contributed by atoms with Crippen LogP contribution in [-0.4, -0.2) is 42.6 Å². The summed E-state index contributed by atoms with van der Waals surface area (Å²) in [6.45, 7) is 2.23. The van der Waals surface area contributed by atoms with Crippen LogP contribution in [0, 0.1) is 0 Å². The lowest BCUT2D eigenvalue weighted by Gasteiger charge is -2.36. The summed E-state index contributed by atoms with van der Waals surface area (Å²) in [5.41, 5.74) is -1.06. The third kappa shape index (κ3) is 4.02. The first-order chi connectivity index (χ1) is 14.7. The Bertz CT molecular complexity index is 1190. The fourth-order valence-electron chi connectivity index (χ4n) is 3.30. The molecule has 0 atom stereocenters. The number of halogens is 3. The van der Waals surface area contributed by atoms with Crippen molar-refractivity contribution in [3.8, 4) is 17.1 Å². The van der Waals surface area contributed by atoms with Crippen molar-refractivity contribution in [3.63, 3.8) is 0 Å². The minimum Gasteiger partial charge on any atom is -0.492 e. The van der Waals surface area contributed by atoms with Gasteiger partial charge in [0, 0.05) is 18.7 Å². The van der Waals surface area contributed by atoms with Crippen molar-refractivity contribution in [2.75, 3.05) is 19.7 Å². The first kappa shape index (κ1) is 21.3. The summed E-state index contributed by atoms with van der Waals surface area (Å²) in [6, 6.07) is 11.3. The molecule has 0 N–H and O–H groups in total. The van der Waals surface area contributed by atoms with Crippen LogP contribution in [0.4, 0.5) is 13.2 Å². The second-order valence-electron chi connectivity index (χ2n) is 6.90. The Hall–Kier alpha value is -2.92. The molecule has 0 amide bonds. The second-order valence-corrected chi connectivity index (χ2v) is 8.80. The molecule has 0 radical (unpaired) electrons. The van der Waals surface area contributed by atoms with Gasteiger partial charge in [0.15, 0.2) is 0 Å². The molecular formula is C20H18F3N3O4S. The van der Waals surface area contributed by atoms with Crippen LogP contribution in [0.15, 0.2) is 57.9 Å². The molecule has 0 bridgehead atoms. The van der Waals surface area contributed by atoms with E-state index in [4.69, 9.17) is 9.26 Å². The molecule has 11 heteroatoms. The predicted molar refractivity (Wildman–Crippen MR) is 104 cm³/mol. The molecule has 0 saturated carbocycles. The summed E-state index contributed by atoms with van der Waals surface area (Å²) >= 11 is 0. The van der Waals surface area contributed by atoms with Crippen LogP contribution < -0.4 is 4.74 Å². The van der Waals surface area contributed by atoms with Gasteiger partial charge in [0.2, 0.25) is 21.7 Å². The van der Waals surface area contributed by atoms with Gasteiger partial charge in [0.05, 0.1) is 18.1 Å². The van der Waals surface area contributed by atoms with Gasteiger partial charge < -0.3 is 9.26 Å². The van der Waals surface area contributed by atoms with Crippen molar-refractivity contribution in [2.45, 2.75) is 23.9 Å². The van der Waals surface area contributed by atoms with Crippen LogP contribution in [0.3, 0.4) is 0 Å². The SMILES string of the molecule is CCOc1ccccc1S(=O)(=O)N1CC(c2nc(-c3ccccc3C(F)(F)F)no2)C1. The van der Waals surface area contributed by atoms with Gasteiger partial charge in [-0.05, 0) is 25.1 Å². The zero-order chi connectivity index (χ0) is 22.2. The number of aromatic nitrogens is 2. The molecule has 1 saturated heterocycles. The summed E-state index contributed by atoms with van der Waals surface area (Å²) < 4.78 is 77.4. The lowest BCUT2D eigenvalue weighted by molar-refractivity contribution is -0.137. The molecule has 31 heavy (non-hydrogen) atoms. The third-order valence-corrected chi connectivity index (χ3v) is 6.75. The molecule has 7 nitrogen and oxygen atoms in total. The maximum absolute atomic E-state index is 13.2. The van der Waals surface area contributed by atoms with Crippen molar-refractivity contribution >= 4 is 10.0 Å². The number of benzene rings is 2. The molecule has 0 unspecified atom stereocenters. The van der Waals surface area contributed by atoms with E-state index in [2.05, 4.69) is 10.1 Å². The largest absolute Gasteiger partial charge is 0.492 e. The van der Waals surface area contributed by atoms with E-state index in [0.29, 0.717) is 6.61 Å². The maximum Gasteiger partial charge on any atom is 0.417 e. The Labute approximate surface area is 176 Å². The number of hydrogen-bond donors (Lipinski definition) is 0. The highest BCUT2D eigenvalue weighted by molar-refractivity contribution is 7.89. The van der Waals surface area contributed by atoms with E-state index >= 15 is 0 Å². The Kier molecular flexibility index (Phi) is 5.48. The molecule has 1 aliphatic rings. The van der Waals surface area contributed by atoms with Crippen molar-refractivity contribution in [3.05, 3.63) is 60.0 Å². The van der Waals surface area contributed by atoms with E-state index in [1.807, 2.05) is 0 Å². The molecule has 1 fully saturated rings. The minimum absolute atomic E-state index is 0.0561. The van der Waals surface area contributed by atoms with Crippen molar-refractivity contribution in [1.29, 1.82) is 0 Å². The second kappa shape index (κ2) is 7.97. The first-order valence-electron chi connectivity index (χ1n) is 9.44. The lowest BCUT2D eigenvalue weighted by atomic mass is 10.0. The van der Waals surface area contributed by atoms with Crippen LogP contribution in [0.1, 0.15) is 24.3 Å². The molecule has 3 aromatic rings. The van der Waals surface area contributed by atoms with Crippen LogP contribution in [0.5, 0.6) is 5.75 Å². The molecule has 0 aliphatic carbocycles. The Morgan fingerprint density at radius 1 is 1.13 bits per heavy atom. The lowest BCUT2D eigenvalue weighted by Crippen LogP contribution is -2.48. The van der Waals surface area contributed by atoms with Gasteiger partial charge in [-0.1, -0.05) is 35.5 Å². The third-order valence-electron chi connectivity index (χ3n) is 4.88. The standard InChI is InChI=1S/C20H18F3N3O4S/c1-2-29-16-9-5-6-10-17(16)31(27,28)26-11-13(12-26)19-24-18(25-30-19)14-7-3-4-8-15(14)20(21,22)23/h3-10,13H,2,11-12H2,1H3. The zero-order valence-electron chi connectivity index (χ0n) is 16.3. The molecule has 1 aromatic heterocycles. The van der Waals surface area contributed by atoms with Crippen LogP contribution in [0.25, 0.3) is 11.4 Å². The van der Waals surface area contributed by atoms with Gasteiger partial charge in [-0.2, -0.15) is 22.5 Å². The number of nitrogens with zero attached hydrogens (tertiary/aromatic N) is 3. The topological polar surface area (TPSA) is 85.5 Å². The number of hydrogen-bond acceptors (Lipinski definition) is 6. The van der Waals surface area contributed by atoms with Crippen molar-refractivity contribution in [2.24, 2.45) is 0 Å². The Morgan fingerprint density at radius 3 is 2.52 bits per heavy atom. The van der Waals surface area contributed by atoms with E-state index in [-0.39, 0.29) is 41.0 Å². The normalized spacial score (nSPS) is 15.6. The predicted octanol–water partition coefficient (Wildman–Crippen LogP) is 3.94. The fraction of sp³-hybridized carbons (Fsp3) is 0.300. The summed E-state index contributed by atoms with van der Waals surface area (Å²) in [5.74, 6) is -0.243.